The van der Waals surface area contributed by atoms with Gasteiger partial charge in [-0.25, -0.2) is 4.39 Å². The molecule has 0 spiro atoms. The lowest BCUT2D eigenvalue weighted by atomic mass is 10.0. The average molecular weight is 373 g/mol. The number of benzene rings is 2. The fraction of sp³-hybridized carbons (Fsp3) is 0.250. The quantitative estimate of drug-likeness (QED) is 0.771. The van der Waals surface area contributed by atoms with Crippen molar-refractivity contribution < 1.29 is 9.13 Å². The van der Waals surface area contributed by atoms with Crippen molar-refractivity contribution in [2.75, 3.05) is 0 Å². The number of halogens is 3. The van der Waals surface area contributed by atoms with Crippen molar-refractivity contribution in [1.82, 2.24) is 0 Å². The zero-order valence-electron chi connectivity index (χ0n) is 11.6. The molecule has 2 rings (SSSR count). The Labute approximate surface area is 137 Å². The predicted molar refractivity (Wildman–Crippen MR) is 87.6 cm³/mol. The van der Waals surface area contributed by atoms with E-state index in [-0.39, 0.29) is 11.9 Å². The maximum Gasteiger partial charge on any atom is 0.141 e. The van der Waals surface area contributed by atoms with Gasteiger partial charge in [-0.15, -0.1) is 0 Å². The van der Waals surface area contributed by atoms with Crippen LogP contribution in [0.25, 0.3) is 0 Å². The fourth-order valence-electron chi connectivity index (χ4n) is 1.91. The van der Waals surface area contributed by atoms with E-state index in [0.717, 1.165) is 12.0 Å². The van der Waals surface area contributed by atoms with Gasteiger partial charge >= 0.3 is 0 Å². The highest BCUT2D eigenvalue weighted by molar-refractivity contribution is 9.10. The molecule has 21 heavy (non-hydrogen) atoms. The van der Waals surface area contributed by atoms with E-state index in [0.29, 0.717) is 27.4 Å². The third-order valence-corrected chi connectivity index (χ3v) is 4.00. The largest absolute Gasteiger partial charge is 0.456 e. The number of ether oxygens (including phenoxy) is 1. The van der Waals surface area contributed by atoms with Crippen LogP contribution in [-0.2, 0) is 6.42 Å². The van der Waals surface area contributed by atoms with Gasteiger partial charge in [-0.2, -0.15) is 0 Å². The van der Waals surface area contributed by atoms with E-state index in [1.807, 2.05) is 13.0 Å². The smallest absolute Gasteiger partial charge is 0.141 e. The van der Waals surface area contributed by atoms with Crippen LogP contribution in [0.15, 0.2) is 40.9 Å². The maximum absolute atomic E-state index is 13.1. The summed E-state index contributed by atoms with van der Waals surface area (Å²) in [6.45, 7) is 2.03. The molecule has 0 saturated carbocycles. The summed E-state index contributed by atoms with van der Waals surface area (Å²) < 4.78 is 19.5. The van der Waals surface area contributed by atoms with Crippen molar-refractivity contribution in [3.05, 3.63) is 57.3 Å². The number of rotatable bonds is 5. The van der Waals surface area contributed by atoms with Crippen LogP contribution in [-0.4, -0.2) is 6.04 Å². The van der Waals surface area contributed by atoms with Gasteiger partial charge in [0.15, 0.2) is 0 Å². The molecule has 0 bridgehead atoms. The summed E-state index contributed by atoms with van der Waals surface area (Å²) in [5.74, 6) is 0.902. The Bertz CT molecular complexity index is 636. The third-order valence-electron chi connectivity index (χ3n) is 3.14. The first-order valence-electron chi connectivity index (χ1n) is 6.66. The molecule has 0 radical (unpaired) electrons. The first-order chi connectivity index (χ1) is 9.99. The van der Waals surface area contributed by atoms with Crippen molar-refractivity contribution in [3.63, 3.8) is 0 Å². The van der Waals surface area contributed by atoms with Gasteiger partial charge in [0.2, 0.25) is 0 Å². The molecule has 0 fully saturated rings. The minimum Gasteiger partial charge on any atom is -0.456 e. The Hall–Kier alpha value is -1.10. The molecule has 2 nitrogen and oxygen atoms in total. The highest BCUT2D eigenvalue weighted by Crippen LogP contribution is 2.33. The zero-order valence-corrected chi connectivity index (χ0v) is 13.9. The molecular formula is C16H16BrClFNO. The van der Waals surface area contributed by atoms with Crippen LogP contribution in [0.5, 0.6) is 11.5 Å². The van der Waals surface area contributed by atoms with Gasteiger partial charge in [-0.1, -0.05) is 18.5 Å². The van der Waals surface area contributed by atoms with Gasteiger partial charge in [-0.05, 0) is 70.7 Å². The second-order valence-electron chi connectivity index (χ2n) is 4.80. The number of hydrogen-bond donors (Lipinski definition) is 1. The predicted octanol–water partition coefficient (Wildman–Crippen LogP) is 5.31. The van der Waals surface area contributed by atoms with Crippen molar-refractivity contribution >= 4 is 27.5 Å². The molecule has 1 atom stereocenters. The van der Waals surface area contributed by atoms with Crippen LogP contribution >= 0.6 is 27.5 Å². The highest BCUT2D eigenvalue weighted by Gasteiger charge is 2.11. The fourth-order valence-corrected chi connectivity index (χ4v) is 2.54. The second-order valence-corrected chi connectivity index (χ2v) is 6.09. The lowest BCUT2D eigenvalue weighted by Gasteiger charge is -2.15. The molecule has 0 heterocycles. The summed E-state index contributed by atoms with van der Waals surface area (Å²) >= 11 is 9.34. The van der Waals surface area contributed by atoms with E-state index in [9.17, 15) is 4.39 Å². The summed E-state index contributed by atoms with van der Waals surface area (Å²) in [4.78, 5) is 0. The van der Waals surface area contributed by atoms with Gasteiger partial charge in [0, 0.05) is 11.1 Å². The normalized spacial score (nSPS) is 12.2. The van der Waals surface area contributed by atoms with E-state index in [4.69, 9.17) is 22.1 Å². The number of hydrogen-bond acceptors (Lipinski definition) is 2. The average Bonchev–Trinajstić information content (AvgIpc) is 2.44. The van der Waals surface area contributed by atoms with Crippen LogP contribution in [0.3, 0.4) is 0 Å². The molecule has 2 N–H and O–H groups in total. The molecule has 0 aromatic heterocycles. The SMILES string of the molecule is CCC(N)Cc1cc(Cl)ccc1Oc1ccc(F)cc1Br. The van der Waals surface area contributed by atoms with Gasteiger partial charge in [0.1, 0.15) is 17.3 Å². The summed E-state index contributed by atoms with van der Waals surface area (Å²) in [5.41, 5.74) is 6.95. The van der Waals surface area contributed by atoms with E-state index < -0.39 is 0 Å². The lowest BCUT2D eigenvalue weighted by molar-refractivity contribution is 0.467. The molecule has 5 heteroatoms. The van der Waals surface area contributed by atoms with Crippen LogP contribution < -0.4 is 10.5 Å². The van der Waals surface area contributed by atoms with E-state index in [1.54, 1.807) is 18.2 Å². The summed E-state index contributed by atoms with van der Waals surface area (Å²) in [5, 5.41) is 0.638. The third kappa shape index (κ3) is 4.43. The van der Waals surface area contributed by atoms with E-state index in [2.05, 4.69) is 15.9 Å². The highest BCUT2D eigenvalue weighted by atomic mass is 79.9. The molecule has 0 amide bonds. The van der Waals surface area contributed by atoms with Crippen LogP contribution in [0, 0.1) is 5.82 Å². The standard InChI is InChI=1S/C16H16BrClFNO/c1-2-13(20)8-10-7-11(18)3-5-15(10)21-16-6-4-12(19)9-14(16)17/h3-7,9,13H,2,8,20H2,1H3. The maximum atomic E-state index is 13.1. The Morgan fingerprint density at radius 3 is 2.62 bits per heavy atom. The molecule has 0 saturated heterocycles. The van der Waals surface area contributed by atoms with Gasteiger partial charge < -0.3 is 10.5 Å². The van der Waals surface area contributed by atoms with Crippen molar-refractivity contribution in [1.29, 1.82) is 0 Å². The molecule has 0 aliphatic heterocycles. The Morgan fingerprint density at radius 2 is 1.95 bits per heavy atom. The minimum atomic E-state index is -0.321. The molecular weight excluding hydrogens is 357 g/mol. The van der Waals surface area contributed by atoms with Crippen LogP contribution in [0.2, 0.25) is 5.02 Å². The zero-order chi connectivity index (χ0) is 15.4. The number of nitrogens with two attached hydrogens (primary N) is 1. The summed E-state index contributed by atoms with van der Waals surface area (Å²) in [6.07, 6.45) is 1.54. The van der Waals surface area contributed by atoms with Gasteiger partial charge in [0.05, 0.1) is 4.47 Å². The molecule has 0 aliphatic carbocycles. The second kappa shape index (κ2) is 7.25. The Kier molecular flexibility index (Phi) is 5.62. The first-order valence-corrected chi connectivity index (χ1v) is 7.83. The molecule has 0 aliphatic rings. The first kappa shape index (κ1) is 16.3. The van der Waals surface area contributed by atoms with Crippen molar-refractivity contribution in [2.24, 2.45) is 5.73 Å². The minimum absolute atomic E-state index is 0.0440. The van der Waals surface area contributed by atoms with E-state index >= 15 is 0 Å². The molecule has 112 valence electrons. The lowest BCUT2D eigenvalue weighted by Crippen LogP contribution is -2.21. The Morgan fingerprint density at radius 1 is 1.24 bits per heavy atom. The monoisotopic (exact) mass is 371 g/mol. The molecule has 2 aromatic rings. The topological polar surface area (TPSA) is 35.2 Å². The van der Waals surface area contributed by atoms with Crippen molar-refractivity contribution in [2.45, 2.75) is 25.8 Å². The van der Waals surface area contributed by atoms with Gasteiger partial charge in [0.25, 0.3) is 0 Å². The Balaban J connectivity index is 2.30. The van der Waals surface area contributed by atoms with Crippen LogP contribution in [0.1, 0.15) is 18.9 Å². The van der Waals surface area contributed by atoms with E-state index in [1.165, 1.54) is 12.1 Å². The molecule has 2 aromatic carbocycles. The molecule has 1 unspecified atom stereocenters. The van der Waals surface area contributed by atoms with Crippen LogP contribution in [0.4, 0.5) is 4.39 Å². The summed E-state index contributed by atoms with van der Waals surface area (Å²) in [6, 6.07) is 9.75. The van der Waals surface area contributed by atoms with Gasteiger partial charge in [-0.3, -0.25) is 0 Å². The van der Waals surface area contributed by atoms with Crippen molar-refractivity contribution in [3.8, 4) is 11.5 Å². The summed E-state index contributed by atoms with van der Waals surface area (Å²) in [7, 11) is 0.